The zero-order valence-corrected chi connectivity index (χ0v) is 12.5. The molecule has 0 aromatic heterocycles. The fourth-order valence-electron chi connectivity index (χ4n) is 1.69. The predicted octanol–water partition coefficient (Wildman–Crippen LogP) is 2.21. The number of carboxylic acids is 1. The number of rotatable bonds is 5. The van der Waals surface area contributed by atoms with E-state index in [0.717, 1.165) is 0 Å². The van der Waals surface area contributed by atoms with Crippen molar-refractivity contribution < 1.29 is 23.8 Å². The fourth-order valence-corrected chi connectivity index (χ4v) is 1.69. The van der Waals surface area contributed by atoms with Gasteiger partial charge in [-0.15, -0.1) is 0 Å². The Labute approximate surface area is 123 Å². The summed E-state index contributed by atoms with van der Waals surface area (Å²) in [4.78, 5) is 23.2. The molecule has 0 heterocycles. The first-order valence-corrected chi connectivity index (χ1v) is 6.57. The lowest BCUT2D eigenvalue weighted by Crippen LogP contribution is -2.52. The topological polar surface area (TPSA) is 75.6 Å². The lowest BCUT2D eigenvalue weighted by molar-refractivity contribution is -0.146. The van der Waals surface area contributed by atoms with E-state index in [0.29, 0.717) is 0 Å². The van der Waals surface area contributed by atoms with E-state index in [4.69, 9.17) is 9.84 Å². The number of amides is 1. The smallest absolute Gasteiger partial charge is 0.326 e. The van der Waals surface area contributed by atoms with Crippen molar-refractivity contribution in [1.82, 2.24) is 5.32 Å². The van der Waals surface area contributed by atoms with Crippen LogP contribution in [0.5, 0.6) is 5.75 Å². The lowest BCUT2D eigenvalue weighted by Gasteiger charge is -2.28. The maximum absolute atomic E-state index is 13.4. The lowest BCUT2D eigenvalue weighted by atomic mass is 9.86. The highest BCUT2D eigenvalue weighted by Crippen LogP contribution is 2.20. The zero-order chi connectivity index (χ0) is 16.2. The molecule has 0 radical (unpaired) electrons. The molecular formula is C15H20FNO4. The number of carbonyl (C=O) groups is 2. The maximum Gasteiger partial charge on any atom is 0.326 e. The van der Waals surface area contributed by atoms with Gasteiger partial charge in [-0.3, -0.25) is 4.79 Å². The normalized spacial score (nSPS) is 14.1. The SMILES string of the molecule is CC(Oc1ccccc1F)C(=O)N[C@@H](C(=O)O)C(C)(C)C. The Kier molecular flexibility index (Phi) is 5.29. The highest BCUT2D eigenvalue weighted by molar-refractivity contribution is 5.86. The first-order valence-electron chi connectivity index (χ1n) is 6.57. The van der Waals surface area contributed by atoms with Gasteiger partial charge >= 0.3 is 5.97 Å². The second-order valence-electron chi connectivity index (χ2n) is 5.84. The van der Waals surface area contributed by atoms with Crippen molar-refractivity contribution in [1.29, 1.82) is 0 Å². The average Bonchev–Trinajstić information content (AvgIpc) is 2.36. The molecule has 1 amide bonds. The molecule has 0 spiro atoms. The summed E-state index contributed by atoms with van der Waals surface area (Å²) in [5, 5.41) is 11.6. The Morgan fingerprint density at radius 3 is 2.33 bits per heavy atom. The number of aliphatic carboxylic acids is 1. The molecule has 0 fully saturated rings. The van der Waals surface area contributed by atoms with Crippen LogP contribution < -0.4 is 10.1 Å². The molecule has 5 nitrogen and oxygen atoms in total. The van der Waals surface area contributed by atoms with Gasteiger partial charge in [0.25, 0.3) is 5.91 Å². The van der Waals surface area contributed by atoms with Crippen LogP contribution in [0.3, 0.4) is 0 Å². The van der Waals surface area contributed by atoms with Gasteiger partial charge in [0.2, 0.25) is 0 Å². The molecule has 1 aromatic rings. The van der Waals surface area contributed by atoms with Crippen LogP contribution in [-0.4, -0.2) is 29.1 Å². The van der Waals surface area contributed by atoms with E-state index in [1.54, 1.807) is 26.8 Å². The molecule has 0 aliphatic heterocycles. The largest absolute Gasteiger partial charge is 0.480 e. The number of halogens is 1. The first-order chi connectivity index (χ1) is 9.62. The minimum atomic E-state index is -1.13. The molecule has 0 aliphatic carbocycles. The number of benzene rings is 1. The van der Waals surface area contributed by atoms with E-state index >= 15 is 0 Å². The summed E-state index contributed by atoms with van der Waals surface area (Å²) >= 11 is 0. The van der Waals surface area contributed by atoms with E-state index in [1.165, 1.54) is 25.1 Å². The predicted molar refractivity (Wildman–Crippen MR) is 75.5 cm³/mol. The molecule has 2 N–H and O–H groups in total. The van der Waals surface area contributed by atoms with Gasteiger partial charge < -0.3 is 15.2 Å². The minimum Gasteiger partial charge on any atom is -0.480 e. The van der Waals surface area contributed by atoms with E-state index in [9.17, 15) is 14.0 Å². The van der Waals surface area contributed by atoms with Crippen LogP contribution in [0.2, 0.25) is 0 Å². The van der Waals surface area contributed by atoms with Crippen molar-refractivity contribution >= 4 is 11.9 Å². The Bertz CT molecular complexity index is 525. The van der Waals surface area contributed by atoms with Gasteiger partial charge in [-0.2, -0.15) is 0 Å². The van der Waals surface area contributed by atoms with Crippen molar-refractivity contribution in [2.75, 3.05) is 0 Å². The van der Waals surface area contributed by atoms with Gasteiger partial charge in [-0.25, -0.2) is 9.18 Å². The fraction of sp³-hybridized carbons (Fsp3) is 0.467. The van der Waals surface area contributed by atoms with Gasteiger partial charge in [0.15, 0.2) is 17.7 Å². The number of nitrogens with one attached hydrogen (secondary N) is 1. The number of ether oxygens (including phenoxy) is 1. The van der Waals surface area contributed by atoms with Gasteiger partial charge in [-0.05, 0) is 24.5 Å². The van der Waals surface area contributed by atoms with Gasteiger partial charge in [-0.1, -0.05) is 32.9 Å². The highest BCUT2D eigenvalue weighted by Gasteiger charge is 2.34. The van der Waals surface area contributed by atoms with Crippen LogP contribution in [0.15, 0.2) is 24.3 Å². The Balaban J connectivity index is 2.75. The Morgan fingerprint density at radius 1 is 1.29 bits per heavy atom. The van der Waals surface area contributed by atoms with E-state index in [1.807, 2.05) is 0 Å². The Morgan fingerprint density at radius 2 is 1.86 bits per heavy atom. The summed E-state index contributed by atoms with van der Waals surface area (Å²) in [7, 11) is 0. The first kappa shape index (κ1) is 16.9. The van der Waals surface area contributed by atoms with Crippen molar-refractivity contribution in [3.63, 3.8) is 0 Å². The number of hydrogen-bond acceptors (Lipinski definition) is 3. The molecule has 0 saturated carbocycles. The van der Waals surface area contributed by atoms with E-state index in [-0.39, 0.29) is 5.75 Å². The van der Waals surface area contributed by atoms with E-state index in [2.05, 4.69) is 5.32 Å². The molecule has 116 valence electrons. The maximum atomic E-state index is 13.4. The molecule has 21 heavy (non-hydrogen) atoms. The van der Waals surface area contributed by atoms with Crippen molar-refractivity contribution in [2.45, 2.75) is 39.8 Å². The average molecular weight is 297 g/mol. The van der Waals surface area contributed by atoms with Crippen LogP contribution in [0, 0.1) is 11.2 Å². The molecule has 0 bridgehead atoms. The van der Waals surface area contributed by atoms with E-state index < -0.39 is 35.3 Å². The number of carboxylic acid groups (broad SMARTS) is 1. The van der Waals surface area contributed by atoms with Crippen molar-refractivity contribution in [3.05, 3.63) is 30.1 Å². The summed E-state index contributed by atoms with van der Waals surface area (Å²) < 4.78 is 18.7. The monoisotopic (exact) mass is 297 g/mol. The second kappa shape index (κ2) is 6.56. The third kappa shape index (κ3) is 4.73. The summed E-state index contributed by atoms with van der Waals surface area (Å²) in [5.41, 5.74) is -0.654. The number of hydrogen-bond donors (Lipinski definition) is 2. The van der Waals surface area contributed by atoms with Crippen LogP contribution in [-0.2, 0) is 9.59 Å². The highest BCUT2D eigenvalue weighted by atomic mass is 19.1. The molecule has 1 rings (SSSR count). The minimum absolute atomic E-state index is 0.0530. The number of carbonyl (C=O) groups excluding carboxylic acids is 1. The third-order valence-electron chi connectivity index (χ3n) is 2.91. The molecule has 1 unspecified atom stereocenters. The molecular weight excluding hydrogens is 277 g/mol. The summed E-state index contributed by atoms with van der Waals surface area (Å²) in [6.07, 6.45) is -1.01. The summed E-state index contributed by atoms with van der Waals surface area (Å²) in [6, 6.07) is 4.65. The van der Waals surface area contributed by atoms with Crippen LogP contribution in [0.1, 0.15) is 27.7 Å². The summed E-state index contributed by atoms with van der Waals surface area (Å²) in [6.45, 7) is 6.54. The van der Waals surface area contributed by atoms with Crippen LogP contribution >= 0.6 is 0 Å². The molecule has 1 aromatic carbocycles. The third-order valence-corrected chi connectivity index (χ3v) is 2.91. The van der Waals surface area contributed by atoms with Gasteiger partial charge in [0.05, 0.1) is 0 Å². The standard InChI is InChI=1S/C15H20FNO4/c1-9(21-11-8-6-5-7-10(11)16)13(18)17-12(14(19)20)15(2,3)4/h5-9,12H,1-4H3,(H,17,18)(H,19,20)/t9?,12-/m0/s1. The number of para-hydroxylation sites is 1. The molecule has 2 atom stereocenters. The van der Waals surface area contributed by atoms with Crippen LogP contribution in [0.25, 0.3) is 0 Å². The van der Waals surface area contributed by atoms with Crippen molar-refractivity contribution in [2.24, 2.45) is 5.41 Å². The second-order valence-corrected chi connectivity index (χ2v) is 5.84. The van der Waals surface area contributed by atoms with Gasteiger partial charge in [0, 0.05) is 0 Å². The molecule has 6 heteroatoms. The van der Waals surface area contributed by atoms with Gasteiger partial charge in [0.1, 0.15) is 6.04 Å². The quantitative estimate of drug-likeness (QED) is 0.873. The summed E-state index contributed by atoms with van der Waals surface area (Å²) in [5.74, 6) is -2.37. The zero-order valence-electron chi connectivity index (χ0n) is 12.5. The molecule has 0 aliphatic rings. The molecule has 0 saturated heterocycles. The van der Waals surface area contributed by atoms with Crippen LogP contribution in [0.4, 0.5) is 4.39 Å². The Hall–Kier alpha value is -2.11. The van der Waals surface area contributed by atoms with Crippen molar-refractivity contribution in [3.8, 4) is 5.75 Å².